The maximum absolute atomic E-state index is 13.0. The predicted octanol–water partition coefficient (Wildman–Crippen LogP) is 2.42. The van der Waals surface area contributed by atoms with Gasteiger partial charge in [-0.25, -0.2) is 0 Å². The van der Waals surface area contributed by atoms with Gasteiger partial charge in [0.1, 0.15) is 0 Å². The molecular weight excluding hydrogens is 338 g/mol. The number of hydrogen-bond acceptors (Lipinski definition) is 4. The van der Waals surface area contributed by atoms with Gasteiger partial charge in [0.25, 0.3) is 5.91 Å². The van der Waals surface area contributed by atoms with Crippen molar-refractivity contribution < 1.29 is 9.90 Å². The van der Waals surface area contributed by atoms with E-state index in [4.69, 9.17) is 0 Å². The summed E-state index contributed by atoms with van der Waals surface area (Å²) >= 11 is 0. The summed E-state index contributed by atoms with van der Waals surface area (Å²) in [5.74, 6) is -0.136. The average molecular weight is 367 g/mol. The maximum atomic E-state index is 13.0. The van der Waals surface area contributed by atoms with E-state index in [1.54, 1.807) is 6.20 Å². The van der Waals surface area contributed by atoms with Gasteiger partial charge in [0.15, 0.2) is 5.60 Å². The van der Waals surface area contributed by atoms with Crippen LogP contribution >= 0.6 is 0 Å². The minimum atomic E-state index is -1.30. The van der Waals surface area contributed by atoms with Crippen molar-refractivity contribution in [3.8, 4) is 0 Å². The maximum Gasteiger partial charge on any atom is 0.255 e. The standard InChI is InChI=1S/C22H29N3O2/c1-18-15-23-12-9-20(18)16-24(2)17-22(27)11-6-13-25(21(22)26)14-10-19-7-4-3-5-8-19/h3-5,7-9,12,15,27H,6,10-11,13-14,16-17H2,1-2H3. The molecule has 3 rings (SSSR count). The normalized spacial score (nSPS) is 20.3. The largest absolute Gasteiger partial charge is 0.379 e. The summed E-state index contributed by atoms with van der Waals surface area (Å²) in [7, 11) is 1.95. The minimum Gasteiger partial charge on any atom is -0.379 e. The number of carbonyl (C=O) groups is 1. The third-order valence-corrected chi connectivity index (χ3v) is 5.33. The number of rotatable bonds is 7. The van der Waals surface area contributed by atoms with Crippen molar-refractivity contribution in [3.63, 3.8) is 0 Å². The zero-order valence-electron chi connectivity index (χ0n) is 16.3. The molecular formula is C22H29N3O2. The van der Waals surface area contributed by atoms with Crippen LogP contribution in [-0.4, -0.2) is 58.1 Å². The lowest BCUT2D eigenvalue weighted by atomic mass is 9.90. The van der Waals surface area contributed by atoms with Crippen molar-refractivity contribution in [1.82, 2.24) is 14.8 Å². The summed E-state index contributed by atoms with van der Waals surface area (Å²) in [6.07, 6.45) is 5.79. The molecule has 2 aromatic rings. The van der Waals surface area contributed by atoms with Gasteiger partial charge >= 0.3 is 0 Å². The topological polar surface area (TPSA) is 56.7 Å². The lowest BCUT2D eigenvalue weighted by Crippen LogP contribution is -2.58. The van der Waals surface area contributed by atoms with E-state index in [0.29, 0.717) is 26.1 Å². The number of likely N-dealkylation sites (tertiary alicyclic amines) is 1. The second-order valence-electron chi connectivity index (χ2n) is 7.64. The van der Waals surface area contributed by atoms with Crippen LogP contribution in [0.4, 0.5) is 0 Å². The highest BCUT2D eigenvalue weighted by Gasteiger charge is 2.42. The molecule has 144 valence electrons. The summed E-state index contributed by atoms with van der Waals surface area (Å²) in [5.41, 5.74) is 2.20. The van der Waals surface area contributed by atoms with E-state index in [-0.39, 0.29) is 5.91 Å². The Hall–Kier alpha value is -2.24. The molecule has 1 aliphatic rings. The molecule has 2 heterocycles. The molecule has 0 radical (unpaired) electrons. The Morgan fingerprint density at radius 2 is 2.04 bits per heavy atom. The fourth-order valence-corrected chi connectivity index (χ4v) is 3.81. The smallest absolute Gasteiger partial charge is 0.255 e. The summed E-state index contributed by atoms with van der Waals surface area (Å²) in [6.45, 7) is 4.44. The number of aryl methyl sites for hydroxylation is 1. The fraction of sp³-hybridized carbons (Fsp3) is 0.455. The molecule has 0 spiro atoms. The number of aliphatic hydroxyl groups is 1. The molecule has 0 bridgehead atoms. The van der Waals surface area contributed by atoms with Gasteiger partial charge in [-0.15, -0.1) is 0 Å². The first-order valence-corrected chi connectivity index (χ1v) is 9.62. The van der Waals surface area contributed by atoms with Gasteiger partial charge in [0.2, 0.25) is 0 Å². The van der Waals surface area contributed by atoms with Crippen molar-refractivity contribution >= 4 is 5.91 Å². The van der Waals surface area contributed by atoms with Crippen LogP contribution < -0.4 is 0 Å². The lowest BCUT2D eigenvalue weighted by molar-refractivity contribution is -0.159. The monoisotopic (exact) mass is 367 g/mol. The fourth-order valence-electron chi connectivity index (χ4n) is 3.81. The van der Waals surface area contributed by atoms with Crippen molar-refractivity contribution in [3.05, 3.63) is 65.5 Å². The Kier molecular flexibility index (Phi) is 6.24. The number of hydrogen-bond donors (Lipinski definition) is 1. The first kappa shape index (κ1) is 19.5. The van der Waals surface area contributed by atoms with Gasteiger partial charge in [-0.1, -0.05) is 30.3 Å². The minimum absolute atomic E-state index is 0.136. The van der Waals surface area contributed by atoms with Gasteiger partial charge in [0, 0.05) is 38.6 Å². The molecule has 5 heteroatoms. The Morgan fingerprint density at radius 3 is 2.78 bits per heavy atom. The Balaban J connectivity index is 1.60. The van der Waals surface area contributed by atoms with Crippen LogP contribution in [-0.2, 0) is 17.8 Å². The molecule has 1 aromatic heterocycles. The first-order chi connectivity index (χ1) is 13.0. The van der Waals surface area contributed by atoms with Crippen LogP contribution in [0.3, 0.4) is 0 Å². The third kappa shape index (κ3) is 4.93. The quantitative estimate of drug-likeness (QED) is 0.817. The van der Waals surface area contributed by atoms with E-state index in [1.165, 1.54) is 11.1 Å². The molecule has 1 fully saturated rings. The molecule has 1 unspecified atom stereocenters. The van der Waals surface area contributed by atoms with Gasteiger partial charge in [0.05, 0.1) is 0 Å². The number of carbonyl (C=O) groups excluding carboxylic acids is 1. The summed E-state index contributed by atoms with van der Waals surface area (Å²) in [5, 5.41) is 11.1. The highest BCUT2D eigenvalue weighted by Crippen LogP contribution is 2.24. The predicted molar refractivity (Wildman–Crippen MR) is 106 cm³/mol. The molecule has 1 atom stereocenters. The molecule has 1 amide bonds. The third-order valence-electron chi connectivity index (χ3n) is 5.33. The number of amides is 1. The molecule has 1 N–H and O–H groups in total. The van der Waals surface area contributed by atoms with Crippen molar-refractivity contribution in [2.75, 3.05) is 26.7 Å². The van der Waals surface area contributed by atoms with Gasteiger partial charge in [-0.3, -0.25) is 14.7 Å². The summed E-state index contributed by atoms with van der Waals surface area (Å²) in [4.78, 5) is 20.9. The van der Waals surface area contributed by atoms with Gasteiger partial charge < -0.3 is 10.0 Å². The second-order valence-corrected chi connectivity index (χ2v) is 7.64. The number of aromatic nitrogens is 1. The Morgan fingerprint density at radius 1 is 1.26 bits per heavy atom. The Bertz CT molecular complexity index is 765. The van der Waals surface area contributed by atoms with Crippen LogP contribution in [0.2, 0.25) is 0 Å². The number of likely N-dealkylation sites (N-methyl/N-ethyl adjacent to an activating group) is 1. The van der Waals surface area contributed by atoms with E-state index in [0.717, 1.165) is 24.9 Å². The van der Waals surface area contributed by atoms with Crippen molar-refractivity contribution in [2.24, 2.45) is 0 Å². The molecule has 0 saturated carbocycles. The molecule has 27 heavy (non-hydrogen) atoms. The second kappa shape index (κ2) is 8.63. The average Bonchev–Trinajstić information content (AvgIpc) is 2.66. The van der Waals surface area contributed by atoms with Crippen LogP contribution in [0.15, 0.2) is 48.8 Å². The SMILES string of the molecule is Cc1cnccc1CN(C)CC1(O)CCCN(CCc2ccccc2)C1=O. The van der Waals surface area contributed by atoms with Gasteiger partial charge in [-0.2, -0.15) is 0 Å². The van der Waals surface area contributed by atoms with Crippen LogP contribution in [0, 0.1) is 6.92 Å². The summed E-state index contributed by atoms with van der Waals surface area (Å²) in [6, 6.07) is 12.2. The summed E-state index contributed by atoms with van der Waals surface area (Å²) < 4.78 is 0. The van der Waals surface area contributed by atoms with Crippen LogP contribution in [0.1, 0.15) is 29.5 Å². The zero-order chi connectivity index (χ0) is 19.3. The highest BCUT2D eigenvalue weighted by atomic mass is 16.3. The Labute approximate surface area is 161 Å². The molecule has 1 aromatic carbocycles. The molecule has 1 saturated heterocycles. The van der Waals surface area contributed by atoms with E-state index in [2.05, 4.69) is 17.1 Å². The van der Waals surface area contributed by atoms with Gasteiger partial charge in [-0.05, 0) is 56.0 Å². The molecule has 1 aliphatic heterocycles. The zero-order valence-corrected chi connectivity index (χ0v) is 16.3. The van der Waals surface area contributed by atoms with E-state index >= 15 is 0 Å². The van der Waals surface area contributed by atoms with E-state index in [1.807, 2.05) is 54.2 Å². The molecule has 0 aliphatic carbocycles. The number of benzene rings is 1. The number of piperidine rings is 1. The van der Waals surface area contributed by atoms with E-state index in [9.17, 15) is 9.90 Å². The lowest BCUT2D eigenvalue weighted by Gasteiger charge is -2.40. The number of pyridine rings is 1. The highest BCUT2D eigenvalue weighted by molar-refractivity contribution is 5.86. The van der Waals surface area contributed by atoms with Crippen LogP contribution in [0.5, 0.6) is 0 Å². The number of nitrogens with zero attached hydrogens (tertiary/aromatic N) is 3. The van der Waals surface area contributed by atoms with Crippen molar-refractivity contribution in [2.45, 2.75) is 38.3 Å². The van der Waals surface area contributed by atoms with E-state index < -0.39 is 5.60 Å². The van der Waals surface area contributed by atoms with Crippen LogP contribution in [0.25, 0.3) is 0 Å². The first-order valence-electron chi connectivity index (χ1n) is 9.62. The molecule has 5 nitrogen and oxygen atoms in total. The van der Waals surface area contributed by atoms with Crippen molar-refractivity contribution in [1.29, 1.82) is 0 Å².